The lowest BCUT2D eigenvalue weighted by Crippen LogP contribution is -2.14. The number of halogens is 3. The summed E-state index contributed by atoms with van der Waals surface area (Å²) in [6.45, 7) is -0.289. The van der Waals surface area contributed by atoms with Gasteiger partial charge in [0.15, 0.2) is 6.20 Å². The van der Waals surface area contributed by atoms with E-state index in [4.69, 9.17) is 0 Å². The molecule has 0 aliphatic heterocycles. The van der Waals surface area contributed by atoms with Crippen molar-refractivity contribution in [1.29, 1.82) is 0 Å². The molecular weight excluding hydrogens is 227 g/mol. The zero-order valence-electron chi connectivity index (χ0n) is 7.99. The maximum atomic E-state index is 11.8. The Morgan fingerprint density at radius 1 is 1.44 bits per heavy atom. The Kier molecular flexibility index (Phi) is 3.64. The van der Waals surface area contributed by atoms with Crippen molar-refractivity contribution < 1.29 is 18.1 Å². The van der Waals surface area contributed by atoms with Crippen molar-refractivity contribution in [3.05, 3.63) is 28.4 Å². The second kappa shape index (κ2) is 4.77. The van der Waals surface area contributed by atoms with Crippen molar-refractivity contribution in [2.24, 2.45) is 0 Å². The second-order valence-corrected chi connectivity index (χ2v) is 2.95. The number of alkyl halides is 3. The van der Waals surface area contributed by atoms with Crippen molar-refractivity contribution >= 4 is 11.5 Å². The van der Waals surface area contributed by atoms with Gasteiger partial charge in [-0.2, -0.15) is 13.2 Å². The number of nitrogens with one attached hydrogen (secondary N) is 1. The van der Waals surface area contributed by atoms with E-state index >= 15 is 0 Å². The zero-order chi connectivity index (χ0) is 12.2. The lowest BCUT2D eigenvalue weighted by molar-refractivity contribution is -0.389. The number of anilines is 1. The van der Waals surface area contributed by atoms with Crippen molar-refractivity contribution in [2.75, 3.05) is 11.9 Å². The van der Waals surface area contributed by atoms with Crippen LogP contribution < -0.4 is 5.32 Å². The normalized spacial score (nSPS) is 11.2. The van der Waals surface area contributed by atoms with Crippen LogP contribution in [0.5, 0.6) is 0 Å². The van der Waals surface area contributed by atoms with Gasteiger partial charge in [0.25, 0.3) is 0 Å². The van der Waals surface area contributed by atoms with Crippen LogP contribution in [0.2, 0.25) is 0 Å². The highest BCUT2D eigenvalue weighted by molar-refractivity contribution is 5.43. The minimum Gasteiger partial charge on any atom is -0.382 e. The van der Waals surface area contributed by atoms with Gasteiger partial charge in [0.1, 0.15) is 0 Å². The molecule has 0 amide bonds. The summed E-state index contributed by atoms with van der Waals surface area (Å²) >= 11 is 0. The van der Waals surface area contributed by atoms with Gasteiger partial charge in [0, 0.05) is 12.6 Å². The van der Waals surface area contributed by atoms with Crippen LogP contribution in [0.4, 0.5) is 24.7 Å². The Morgan fingerprint density at radius 2 is 2.12 bits per heavy atom. The molecule has 88 valence electrons. The first-order chi connectivity index (χ1) is 7.38. The maximum Gasteiger partial charge on any atom is 0.390 e. The van der Waals surface area contributed by atoms with Gasteiger partial charge in [0.2, 0.25) is 0 Å². The summed E-state index contributed by atoms with van der Waals surface area (Å²) in [6, 6.07) is 2.43. The van der Waals surface area contributed by atoms with E-state index < -0.39 is 17.5 Å². The molecule has 0 radical (unpaired) electrons. The van der Waals surface area contributed by atoms with Gasteiger partial charge < -0.3 is 15.4 Å². The standard InChI is InChI=1S/C8H8F3N3O2/c9-8(10,11)3-4-12-6-1-2-7(13-5-6)14(15)16/h1-2,5,12H,3-4H2. The van der Waals surface area contributed by atoms with E-state index in [1.807, 2.05) is 0 Å². The topological polar surface area (TPSA) is 68.1 Å². The molecule has 0 aliphatic rings. The first-order valence-corrected chi connectivity index (χ1v) is 4.29. The van der Waals surface area contributed by atoms with Crippen LogP contribution in [0, 0.1) is 10.1 Å². The molecule has 1 heterocycles. The minimum atomic E-state index is -4.22. The van der Waals surface area contributed by atoms with E-state index in [1.165, 1.54) is 6.07 Å². The summed E-state index contributed by atoms with van der Waals surface area (Å²) in [5.74, 6) is -0.346. The van der Waals surface area contributed by atoms with Crippen LogP contribution in [0.25, 0.3) is 0 Å². The van der Waals surface area contributed by atoms with Crippen LogP contribution in [-0.4, -0.2) is 22.6 Å². The summed E-state index contributed by atoms with van der Waals surface area (Å²) in [5.41, 5.74) is 0.315. The lowest BCUT2D eigenvalue weighted by atomic mass is 10.3. The number of hydrogen-bond acceptors (Lipinski definition) is 4. The van der Waals surface area contributed by atoms with Crippen molar-refractivity contribution in [2.45, 2.75) is 12.6 Å². The molecule has 0 bridgehead atoms. The fourth-order valence-corrected chi connectivity index (χ4v) is 0.947. The molecule has 0 saturated heterocycles. The van der Waals surface area contributed by atoms with Gasteiger partial charge in [0.05, 0.1) is 12.1 Å². The fourth-order valence-electron chi connectivity index (χ4n) is 0.947. The average molecular weight is 235 g/mol. The van der Waals surface area contributed by atoms with Gasteiger partial charge in [-0.3, -0.25) is 0 Å². The molecule has 1 rings (SSSR count). The summed E-state index contributed by atoms with van der Waals surface area (Å²) in [6.07, 6.45) is -4.07. The highest BCUT2D eigenvalue weighted by Gasteiger charge is 2.26. The van der Waals surface area contributed by atoms with Crippen molar-refractivity contribution in [1.82, 2.24) is 4.98 Å². The van der Waals surface area contributed by atoms with Crippen LogP contribution in [0.1, 0.15) is 6.42 Å². The molecule has 1 aromatic heterocycles. The second-order valence-electron chi connectivity index (χ2n) is 2.95. The third kappa shape index (κ3) is 4.11. The summed E-state index contributed by atoms with van der Waals surface area (Å²) in [4.78, 5) is 13.0. The molecule has 0 aromatic carbocycles. The zero-order valence-corrected chi connectivity index (χ0v) is 7.99. The molecule has 1 N–H and O–H groups in total. The Bertz CT molecular complexity index is 364. The predicted molar refractivity (Wildman–Crippen MR) is 50.1 cm³/mol. The van der Waals surface area contributed by atoms with E-state index in [1.54, 1.807) is 0 Å². The van der Waals surface area contributed by atoms with Crippen LogP contribution in [0.15, 0.2) is 18.3 Å². The molecule has 16 heavy (non-hydrogen) atoms. The Balaban J connectivity index is 2.47. The third-order valence-corrected chi connectivity index (χ3v) is 1.67. The number of aromatic nitrogens is 1. The molecular formula is C8H8F3N3O2. The molecule has 0 atom stereocenters. The van der Waals surface area contributed by atoms with Gasteiger partial charge in [-0.05, 0) is 16.0 Å². The van der Waals surface area contributed by atoms with E-state index in [0.717, 1.165) is 12.3 Å². The van der Waals surface area contributed by atoms with E-state index in [0.29, 0.717) is 5.69 Å². The van der Waals surface area contributed by atoms with Crippen LogP contribution >= 0.6 is 0 Å². The first-order valence-electron chi connectivity index (χ1n) is 4.29. The molecule has 1 aromatic rings. The van der Waals surface area contributed by atoms with Crippen LogP contribution in [0.3, 0.4) is 0 Å². The van der Waals surface area contributed by atoms with Crippen molar-refractivity contribution in [3.63, 3.8) is 0 Å². The highest BCUT2D eigenvalue weighted by atomic mass is 19.4. The Morgan fingerprint density at radius 3 is 2.56 bits per heavy atom. The Labute approximate surface area is 88.4 Å². The number of hydrogen-bond donors (Lipinski definition) is 1. The lowest BCUT2D eigenvalue weighted by Gasteiger charge is -2.07. The van der Waals surface area contributed by atoms with Gasteiger partial charge in [-0.15, -0.1) is 0 Å². The quantitative estimate of drug-likeness (QED) is 0.642. The van der Waals surface area contributed by atoms with Crippen molar-refractivity contribution in [3.8, 4) is 0 Å². The van der Waals surface area contributed by atoms with Gasteiger partial charge >= 0.3 is 12.0 Å². The first kappa shape index (κ1) is 12.2. The number of nitrogens with zero attached hydrogens (tertiary/aromatic N) is 2. The molecule has 0 unspecified atom stereocenters. The van der Waals surface area contributed by atoms with Crippen LogP contribution in [-0.2, 0) is 0 Å². The Hall–Kier alpha value is -1.86. The minimum absolute atomic E-state index is 0.289. The number of pyridine rings is 1. The molecule has 5 nitrogen and oxygen atoms in total. The fraction of sp³-hybridized carbons (Fsp3) is 0.375. The van der Waals surface area contributed by atoms with Gasteiger partial charge in [-0.1, -0.05) is 0 Å². The molecule has 0 fully saturated rings. The van der Waals surface area contributed by atoms with E-state index in [2.05, 4.69) is 10.3 Å². The largest absolute Gasteiger partial charge is 0.390 e. The average Bonchev–Trinajstić information content (AvgIpc) is 2.16. The molecule has 8 heteroatoms. The smallest absolute Gasteiger partial charge is 0.382 e. The van der Waals surface area contributed by atoms with E-state index in [-0.39, 0.29) is 12.4 Å². The third-order valence-electron chi connectivity index (χ3n) is 1.67. The number of rotatable bonds is 4. The highest BCUT2D eigenvalue weighted by Crippen LogP contribution is 2.19. The maximum absolute atomic E-state index is 11.8. The SMILES string of the molecule is O=[N+]([O-])c1ccc(NCCC(F)(F)F)cn1. The summed E-state index contributed by atoms with van der Waals surface area (Å²) < 4.78 is 35.4. The van der Waals surface area contributed by atoms with Gasteiger partial charge in [-0.25, -0.2) is 0 Å². The predicted octanol–water partition coefficient (Wildman–Crippen LogP) is 2.35. The number of nitro groups is 1. The van der Waals surface area contributed by atoms with E-state index in [9.17, 15) is 23.3 Å². The summed E-state index contributed by atoms with van der Waals surface area (Å²) in [7, 11) is 0. The molecule has 0 saturated carbocycles. The monoisotopic (exact) mass is 235 g/mol. The summed E-state index contributed by atoms with van der Waals surface area (Å²) in [5, 5.41) is 12.7. The molecule has 0 aliphatic carbocycles. The molecule has 0 spiro atoms.